The molecule has 0 saturated carbocycles. The second-order valence-electron chi connectivity index (χ2n) is 6.66. The number of Topliss-reactive ketones (excluding diaryl/α,β-unsaturated/α-hetero) is 1. The van der Waals surface area contributed by atoms with Crippen molar-refractivity contribution in [2.75, 3.05) is 10.6 Å². The van der Waals surface area contributed by atoms with Gasteiger partial charge in [-0.1, -0.05) is 32.0 Å². The van der Waals surface area contributed by atoms with Gasteiger partial charge in [-0.3, -0.25) is 9.59 Å². The summed E-state index contributed by atoms with van der Waals surface area (Å²) in [5, 5.41) is 6.15. The minimum atomic E-state index is -0.280. The number of nitrogens with one attached hydrogen (secondary N) is 2. The van der Waals surface area contributed by atoms with E-state index in [1.165, 1.54) is 13.3 Å². The van der Waals surface area contributed by atoms with Gasteiger partial charge in [-0.15, -0.1) is 0 Å². The minimum Gasteiger partial charge on any atom is -0.340 e. The molecule has 0 radical (unpaired) electrons. The lowest BCUT2D eigenvalue weighted by atomic mass is 10.0. The second kappa shape index (κ2) is 9.10. The summed E-state index contributed by atoms with van der Waals surface area (Å²) in [6.45, 7) is 5.65. The van der Waals surface area contributed by atoms with E-state index in [9.17, 15) is 9.59 Å². The average molecular weight is 388 g/mol. The first-order valence-electron chi connectivity index (χ1n) is 9.64. The predicted molar refractivity (Wildman–Crippen MR) is 115 cm³/mol. The first-order chi connectivity index (χ1) is 14.0. The molecule has 3 rings (SSSR count). The predicted octanol–water partition coefficient (Wildman–Crippen LogP) is 4.80. The van der Waals surface area contributed by atoms with Crippen molar-refractivity contribution < 1.29 is 9.59 Å². The number of ketones is 1. The van der Waals surface area contributed by atoms with Crippen molar-refractivity contribution in [1.29, 1.82) is 0 Å². The number of hydrogen-bond donors (Lipinski definition) is 2. The van der Waals surface area contributed by atoms with Crippen LogP contribution in [-0.2, 0) is 12.8 Å². The molecule has 1 heterocycles. The van der Waals surface area contributed by atoms with Crippen LogP contribution in [0.25, 0.3) is 0 Å². The number of benzene rings is 2. The van der Waals surface area contributed by atoms with Gasteiger partial charge in [0.1, 0.15) is 17.8 Å². The van der Waals surface area contributed by atoms with Crippen molar-refractivity contribution >= 4 is 28.9 Å². The Bertz CT molecular complexity index is 1010. The van der Waals surface area contributed by atoms with E-state index < -0.39 is 0 Å². The molecule has 0 saturated heterocycles. The third-order valence-electron chi connectivity index (χ3n) is 4.70. The van der Waals surface area contributed by atoms with Gasteiger partial charge >= 0.3 is 0 Å². The number of nitrogens with zero attached hydrogens (tertiary/aromatic N) is 2. The molecule has 0 fully saturated rings. The topological polar surface area (TPSA) is 84.0 Å². The Morgan fingerprint density at radius 3 is 2.17 bits per heavy atom. The average Bonchev–Trinajstić information content (AvgIpc) is 2.74. The maximum absolute atomic E-state index is 12.8. The number of aromatic nitrogens is 2. The summed E-state index contributed by atoms with van der Waals surface area (Å²) in [6.07, 6.45) is 3.01. The summed E-state index contributed by atoms with van der Waals surface area (Å²) in [4.78, 5) is 32.5. The Labute approximate surface area is 170 Å². The monoisotopic (exact) mass is 388 g/mol. The van der Waals surface area contributed by atoms with Crippen LogP contribution in [0.2, 0.25) is 0 Å². The minimum absolute atomic E-state index is 0.0105. The van der Waals surface area contributed by atoms with Gasteiger partial charge < -0.3 is 10.6 Å². The number of amides is 1. The molecule has 0 atom stereocenters. The van der Waals surface area contributed by atoms with Crippen molar-refractivity contribution in [3.63, 3.8) is 0 Å². The highest BCUT2D eigenvalue weighted by atomic mass is 16.2. The highest BCUT2D eigenvalue weighted by molar-refractivity contribution is 6.04. The number of carbonyl (C=O) groups is 2. The first-order valence-corrected chi connectivity index (χ1v) is 9.64. The Morgan fingerprint density at radius 1 is 0.931 bits per heavy atom. The molecule has 0 aliphatic heterocycles. The fourth-order valence-electron chi connectivity index (χ4n) is 3.07. The summed E-state index contributed by atoms with van der Waals surface area (Å²) in [7, 11) is 0. The molecule has 1 amide bonds. The number of rotatable bonds is 7. The second-order valence-corrected chi connectivity index (χ2v) is 6.66. The van der Waals surface area contributed by atoms with E-state index in [0.29, 0.717) is 11.4 Å². The third kappa shape index (κ3) is 4.85. The number of anilines is 3. The number of carbonyl (C=O) groups excluding carboxylic acids is 2. The van der Waals surface area contributed by atoms with Crippen molar-refractivity contribution in [2.45, 2.75) is 33.6 Å². The Balaban J connectivity index is 1.79. The molecule has 1 aromatic heterocycles. The van der Waals surface area contributed by atoms with Gasteiger partial charge in [0.05, 0.1) is 0 Å². The molecule has 6 nitrogen and oxygen atoms in total. The molecule has 29 heavy (non-hydrogen) atoms. The SMILES string of the molecule is CCc1cccc(CC)c1NC(=O)c1cc(Nc2ccc(C(C)=O)cc2)ncn1. The zero-order valence-electron chi connectivity index (χ0n) is 16.8. The van der Waals surface area contributed by atoms with Gasteiger partial charge in [-0.2, -0.15) is 0 Å². The molecule has 2 N–H and O–H groups in total. The van der Waals surface area contributed by atoms with Gasteiger partial charge in [0.15, 0.2) is 5.78 Å². The van der Waals surface area contributed by atoms with E-state index in [-0.39, 0.29) is 17.4 Å². The summed E-state index contributed by atoms with van der Waals surface area (Å²) < 4.78 is 0. The smallest absolute Gasteiger partial charge is 0.274 e. The molecule has 2 aromatic carbocycles. The van der Waals surface area contributed by atoms with Crippen LogP contribution in [-0.4, -0.2) is 21.7 Å². The van der Waals surface area contributed by atoms with Crippen LogP contribution in [0.15, 0.2) is 54.9 Å². The van der Waals surface area contributed by atoms with Crippen molar-refractivity contribution in [3.8, 4) is 0 Å². The lowest BCUT2D eigenvalue weighted by Gasteiger charge is -2.14. The van der Waals surface area contributed by atoms with Crippen LogP contribution >= 0.6 is 0 Å². The van der Waals surface area contributed by atoms with Crippen LogP contribution in [0.1, 0.15) is 52.7 Å². The number of para-hydroxylation sites is 1. The fourth-order valence-corrected chi connectivity index (χ4v) is 3.07. The van der Waals surface area contributed by atoms with E-state index in [1.807, 2.05) is 18.2 Å². The molecule has 6 heteroatoms. The zero-order chi connectivity index (χ0) is 20.8. The highest BCUT2D eigenvalue weighted by Crippen LogP contribution is 2.23. The highest BCUT2D eigenvalue weighted by Gasteiger charge is 2.14. The van der Waals surface area contributed by atoms with E-state index in [1.54, 1.807) is 30.3 Å². The summed E-state index contributed by atoms with van der Waals surface area (Å²) in [6, 6.07) is 14.7. The van der Waals surface area contributed by atoms with Crippen LogP contribution in [0.5, 0.6) is 0 Å². The fraction of sp³-hybridized carbons (Fsp3) is 0.217. The quantitative estimate of drug-likeness (QED) is 0.568. The standard InChI is InChI=1S/C23H24N4O2/c1-4-16-7-6-8-17(5-2)22(16)27-23(29)20-13-21(25-14-24-20)26-19-11-9-18(10-12-19)15(3)28/h6-14H,4-5H2,1-3H3,(H,27,29)(H,24,25,26). The Hall–Kier alpha value is -3.54. The van der Waals surface area contributed by atoms with Crippen molar-refractivity contribution in [1.82, 2.24) is 9.97 Å². The van der Waals surface area contributed by atoms with Gasteiger partial charge in [0.2, 0.25) is 0 Å². The molecular weight excluding hydrogens is 364 g/mol. The third-order valence-corrected chi connectivity index (χ3v) is 4.70. The van der Waals surface area contributed by atoms with Gasteiger partial charge in [-0.05, 0) is 55.2 Å². The molecular formula is C23H24N4O2. The summed E-state index contributed by atoms with van der Waals surface area (Å²) in [5.74, 6) is 0.231. The lowest BCUT2D eigenvalue weighted by molar-refractivity contribution is 0.101. The van der Waals surface area contributed by atoms with E-state index in [4.69, 9.17) is 0 Å². The van der Waals surface area contributed by atoms with Crippen LogP contribution in [0.4, 0.5) is 17.2 Å². The van der Waals surface area contributed by atoms with E-state index in [0.717, 1.165) is 35.3 Å². The number of hydrogen-bond acceptors (Lipinski definition) is 5. The Morgan fingerprint density at radius 2 is 1.59 bits per heavy atom. The van der Waals surface area contributed by atoms with Gasteiger partial charge in [0, 0.05) is 23.0 Å². The van der Waals surface area contributed by atoms with Crippen molar-refractivity contribution in [2.24, 2.45) is 0 Å². The molecule has 148 valence electrons. The maximum atomic E-state index is 12.8. The van der Waals surface area contributed by atoms with Gasteiger partial charge in [-0.25, -0.2) is 9.97 Å². The van der Waals surface area contributed by atoms with Crippen molar-refractivity contribution in [3.05, 3.63) is 77.2 Å². The van der Waals surface area contributed by atoms with Gasteiger partial charge in [0.25, 0.3) is 5.91 Å². The molecule has 0 bridgehead atoms. The molecule has 3 aromatic rings. The first kappa shape index (κ1) is 20.2. The summed E-state index contributed by atoms with van der Waals surface area (Å²) >= 11 is 0. The Kier molecular flexibility index (Phi) is 6.34. The summed E-state index contributed by atoms with van der Waals surface area (Å²) in [5.41, 5.74) is 4.72. The zero-order valence-corrected chi connectivity index (χ0v) is 16.8. The maximum Gasteiger partial charge on any atom is 0.274 e. The molecule has 0 unspecified atom stereocenters. The van der Waals surface area contributed by atoms with Crippen LogP contribution in [0.3, 0.4) is 0 Å². The molecule has 0 spiro atoms. The van der Waals surface area contributed by atoms with E-state index >= 15 is 0 Å². The van der Waals surface area contributed by atoms with Crippen LogP contribution in [0, 0.1) is 0 Å². The normalized spacial score (nSPS) is 10.4. The number of aryl methyl sites for hydroxylation is 2. The molecule has 0 aliphatic rings. The molecule has 0 aliphatic carbocycles. The van der Waals surface area contributed by atoms with Crippen LogP contribution < -0.4 is 10.6 Å². The van der Waals surface area contributed by atoms with E-state index in [2.05, 4.69) is 34.4 Å². The largest absolute Gasteiger partial charge is 0.340 e. The lowest BCUT2D eigenvalue weighted by Crippen LogP contribution is -2.16.